The highest BCUT2D eigenvalue weighted by Crippen LogP contribution is 2.37. The van der Waals surface area contributed by atoms with Crippen LogP contribution in [0.15, 0.2) is 47.8 Å². The van der Waals surface area contributed by atoms with Crippen LogP contribution in [0.3, 0.4) is 0 Å². The summed E-state index contributed by atoms with van der Waals surface area (Å²) >= 11 is 6.27. The van der Waals surface area contributed by atoms with Crippen LogP contribution in [-0.2, 0) is 6.98 Å². The van der Waals surface area contributed by atoms with E-state index < -0.39 is 49.8 Å². The Morgan fingerprint density at radius 3 is 2.87 bits per heavy atom. The predicted octanol–water partition coefficient (Wildman–Crippen LogP) is 4.62. The van der Waals surface area contributed by atoms with Crippen molar-refractivity contribution < 1.29 is 18.5 Å². The molecule has 1 aliphatic rings. The van der Waals surface area contributed by atoms with Gasteiger partial charge in [-0.2, -0.15) is 5.10 Å². The fourth-order valence-electron chi connectivity index (χ4n) is 4.70. The van der Waals surface area contributed by atoms with Gasteiger partial charge in [0.25, 0.3) is 11.5 Å². The lowest BCUT2D eigenvalue weighted by molar-refractivity contribution is 0.0824. The lowest BCUT2D eigenvalue weighted by Gasteiger charge is -2.21. The van der Waals surface area contributed by atoms with Gasteiger partial charge in [-0.05, 0) is 56.0 Å². The number of aryl methyl sites for hydroxylation is 2. The minimum absolute atomic E-state index is 0.0259. The molecule has 200 valence electrons. The van der Waals surface area contributed by atoms with Gasteiger partial charge in [0, 0.05) is 45.0 Å². The molecule has 5 aromatic rings. The van der Waals surface area contributed by atoms with Crippen LogP contribution in [0, 0.1) is 6.92 Å². The second-order valence-corrected chi connectivity index (χ2v) is 9.88. The van der Waals surface area contributed by atoms with Crippen molar-refractivity contribution >= 4 is 39.7 Å². The van der Waals surface area contributed by atoms with E-state index in [0.29, 0.717) is 33.1 Å². The van der Waals surface area contributed by atoms with Gasteiger partial charge in [-0.25, -0.2) is 9.97 Å². The molecule has 4 aromatic heterocycles. The Bertz CT molecular complexity index is 2180. The molecular weight excluding hydrogens is 516 g/mol. The predicted molar refractivity (Wildman–Crippen MR) is 151 cm³/mol. The first kappa shape index (κ1) is 16.0. The molecule has 0 aliphatic heterocycles. The number of fused-ring (bicyclic) bond motifs is 3. The summed E-state index contributed by atoms with van der Waals surface area (Å²) in [5.41, 5.74) is -0.665. The van der Waals surface area contributed by atoms with Crippen LogP contribution in [0.2, 0.25) is 5.15 Å². The number of nitrogens with zero attached hydrogens (tertiary/aromatic N) is 7. The first-order chi connectivity index (χ1) is 22.6. The molecule has 1 aromatic carbocycles. The Morgan fingerprint density at radius 2 is 2.13 bits per heavy atom. The quantitative estimate of drug-likeness (QED) is 0.307. The monoisotopic (exact) mass is 554 g/mol. The van der Waals surface area contributed by atoms with Crippen molar-refractivity contribution in [2.75, 3.05) is 19.3 Å². The van der Waals surface area contributed by atoms with Crippen LogP contribution < -0.4 is 10.9 Å². The molecule has 1 aliphatic carbocycles. The summed E-state index contributed by atoms with van der Waals surface area (Å²) in [6, 6.07) is 4.67. The van der Waals surface area contributed by atoms with Crippen LogP contribution in [0.25, 0.3) is 27.8 Å². The number of hydrogen-bond donors (Lipinski definition) is 1. The molecule has 10 nitrogen and oxygen atoms in total. The van der Waals surface area contributed by atoms with Gasteiger partial charge in [-0.3, -0.25) is 23.2 Å². The molecule has 39 heavy (non-hydrogen) atoms. The summed E-state index contributed by atoms with van der Waals surface area (Å²) in [7, 11) is 0. The van der Waals surface area contributed by atoms with Gasteiger partial charge in [-0.1, -0.05) is 17.7 Å². The van der Waals surface area contributed by atoms with E-state index in [1.165, 1.54) is 19.1 Å². The highest BCUT2D eigenvalue weighted by Gasteiger charge is 2.26. The number of aromatic nitrogens is 6. The average Bonchev–Trinajstić information content (AvgIpc) is 3.52. The normalized spacial score (nSPS) is 19.8. The summed E-state index contributed by atoms with van der Waals surface area (Å²) in [6.45, 7) is -7.05. The molecule has 0 bridgehead atoms. The molecule has 4 heterocycles. The van der Waals surface area contributed by atoms with Crippen molar-refractivity contribution in [3.8, 4) is 11.3 Å². The molecule has 1 atom stereocenters. The van der Waals surface area contributed by atoms with Gasteiger partial charge in [-0.15, -0.1) is 0 Å². The van der Waals surface area contributed by atoms with Gasteiger partial charge < -0.3 is 10.2 Å². The Hall–Kier alpha value is -4.18. The summed E-state index contributed by atoms with van der Waals surface area (Å²) in [6.07, 6.45) is 6.46. The lowest BCUT2D eigenvalue weighted by atomic mass is 10.0. The van der Waals surface area contributed by atoms with E-state index in [2.05, 4.69) is 20.4 Å². The standard InChI is InChI=1S/C28H29ClN8O2/c1-15-10-19(25-20(11-15)27(38)35(5)26-24(28(39)34(3)4)30-14-36(25)26)16(2)32-21-8-9-22(29)33-23(21)17-12-31-37(13-17)18-6-7-18/h8-14,16,18,32H,6-7H2,1-5H3/i3D3,4D3,5D3,16D. The lowest BCUT2D eigenvalue weighted by Crippen LogP contribution is -2.26. The van der Waals surface area contributed by atoms with E-state index in [1.54, 1.807) is 25.3 Å². The summed E-state index contributed by atoms with van der Waals surface area (Å²) in [4.78, 5) is 35.8. The summed E-state index contributed by atoms with van der Waals surface area (Å²) < 4.78 is 83.5. The molecular formula is C28H29ClN8O2. The van der Waals surface area contributed by atoms with Crippen molar-refractivity contribution in [3.05, 3.63) is 75.3 Å². The SMILES string of the molecule is [2H]C(C)(Nc1ccc(Cl)nc1-c1cnn(C2CC2)c1)c1cc(C)cc2c(=O)n(C([2H])([2H])[2H])c3c(C(=O)N(C([2H])([2H])[2H])C([2H])([2H])[2H])ncn3c12. The minimum atomic E-state index is -3.48. The summed E-state index contributed by atoms with van der Waals surface area (Å²) in [5.74, 6) is -1.65. The van der Waals surface area contributed by atoms with E-state index in [1.807, 2.05) is 10.9 Å². The minimum Gasteiger partial charge on any atom is -0.377 e. The zero-order valence-electron chi connectivity index (χ0n) is 30.9. The third kappa shape index (κ3) is 4.24. The van der Waals surface area contributed by atoms with Gasteiger partial charge in [0.1, 0.15) is 11.5 Å². The maximum Gasteiger partial charge on any atom is 0.275 e. The molecule has 1 saturated carbocycles. The first-order valence-corrected chi connectivity index (χ1v) is 12.4. The van der Waals surface area contributed by atoms with Crippen LogP contribution in [-0.4, -0.2) is 53.5 Å². The summed E-state index contributed by atoms with van der Waals surface area (Å²) in [5, 5.41) is 7.62. The number of rotatable bonds is 6. The molecule has 6 rings (SSSR count). The fourth-order valence-corrected chi connectivity index (χ4v) is 4.85. The Labute approximate surface area is 243 Å². The molecule has 1 amide bonds. The topological polar surface area (TPSA) is 102 Å². The van der Waals surface area contributed by atoms with Crippen LogP contribution in [0.5, 0.6) is 0 Å². The van der Waals surface area contributed by atoms with Gasteiger partial charge >= 0.3 is 0 Å². The van der Waals surface area contributed by atoms with Gasteiger partial charge in [0.05, 0.1) is 41.9 Å². The highest BCUT2D eigenvalue weighted by atomic mass is 35.5. The van der Waals surface area contributed by atoms with Crippen molar-refractivity contribution in [1.82, 2.24) is 33.6 Å². The third-order valence-electron chi connectivity index (χ3n) is 6.67. The molecule has 0 radical (unpaired) electrons. The number of imidazole rings is 1. The number of carbonyl (C=O) groups excluding carboxylic acids is 1. The molecule has 1 N–H and O–H groups in total. The molecule has 0 spiro atoms. The number of anilines is 1. The third-order valence-corrected chi connectivity index (χ3v) is 6.88. The van der Waals surface area contributed by atoms with Gasteiger partial charge in [0.2, 0.25) is 0 Å². The van der Waals surface area contributed by atoms with E-state index >= 15 is 0 Å². The van der Waals surface area contributed by atoms with Crippen molar-refractivity contribution in [3.63, 3.8) is 0 Å². The van der Waals surface area contributed by atoms with E-state index in [9.17, 15) is 11.0 Å². The number of hydrogen-bond acceptors (Lipinski definition) is 6. The van der Waals surface area contributed by atoms with Crippen molar-refractivity contribution in [2.24, 2.45) is 6.98 Å². The van der Waals surface area contributed by atoms with E-state index in [0.717, 1.165) is 23.6 Å². The largest absolute Gasteiger partial charge is 0.377 e. The second kappa shape index (κ2) is 9.23. The molecule has 1 unspecified atom stereocenters. The molecule has 0 saturated heterocycles. The van der Waals surface area contributed by atoms with Gasteiger partial charge in [0.15, 0.2) is 11.3 Å². The number of benzene rings is 1. The molecule has 1 fully saturated rings. The van der Waals surface area contributed by atoms with E-state index in [-0.39, 0.29) is 26.5 Å². The fraction of sp³-hybridized carbons (Fsp3) is 0.321. The Kier molecular flexibility index (Phi) is 3.80. The highest BCUT2D eigenvalue weighted by molar-refractivity contribution is 6.29. The maximum absolute atomic E-state index is 14.1. The zero-order valence-corrected chi connectivity index (χ0v) is 21.6. The van der Waals surface area contributed by atoms with Crippen molar-refractivity contribution in [2.45, 2.75) is 38.7 Å². The zero-order chi connectivity index (χ0) is 36.0. The average molecular weight is 555 g/mol. The Balaban J connectivity index is 1.59. The number of carbonyl (C=O) groups is 1. The first-order valence-electron chi connectivity index (χ1n) is 17.0. The van der Waals surface area contributed by atoms with Crippen LogP contribution in [0.1, 0.15) is 67.1 Å². The van der Waals surface area contributed by atoms with E-state index in [4.69, 9.17) is 23.9 Å². The smallest absolute Gasteiger partial charge is 0.275 e. The maximum atomic E-state index is 14.1. The van der Waals surface area contributed by atoms with Crippen LogP contribution >= 0.6 is 11.6 Å². The van der Waals surface area contributed by atoms with Crippen molar-refractivity contribution in [1.29, 1.82) is 0 Å². The second-order valence-electron chi connectivity index (χ2n) is 9.50. The number of nitrogens with one attached hydrogen (secondary N) is 1. The number of halogens is 1. The number of amides is 1. The number of pyridine rings is 1. The molecule has 11 heteroatoms. The van der Waals surface area contributed by atoms with Crippen LogP contribution in [0.4, 0.5) is 5.69 Å². The Morgan fingerprint density at radius 1 is 1.31 bits per heavy atom.